The predicted octanol–water partition coefficient (Wildman–Crippen LogP) is 3.18. The molecule has 25 heavy (non-hydrogen) atoms. The second-order valence-corrected chi connectivity index (χ2v) is 6.16. The normalized spacial score (nSPS) is 18.4. The van der Waals surface area contributed by atoms with E-state index in [-0.39, 0.29) is 11.9 Å². The van der Waals surface area contributed by atoms with Crippen molar-refractivity contribution in [2.75, 3.05) is 19.7 Å². The number of nitrogens with zero attached hydrogens (tertiary/aromatic N) is 3. The number of hydrogen-bond donors (Lipinski definition) is 1. The van der Waals surface area contributed by atoms with Gasteiger partial charge in [-0.25, -0.2) is 4.39 Å². The summed E-state index contributed by atoms with van der Waals surface area (Å²) in [4.78, 5) is 6.50. The Morgan fingerprint density at radius 1 is 1.24 bits per heavy atom. The summed E-state index contributed by atoms with van der Waals surface area (Å²) < 4.78 is 19.4. The number of aromatic amines is 1. The van der Waals surface area contributed by atoms with E-state index < -0.39 is 0 Å². The van der Waals surface area contributed by atoms with Gasteiger partial charge in [0.25, 0.3) is 0 Å². The highest BCUT2D eigenvalue weighted by Crippen LogP contribution is 2.26. The van der Waals surface area contributed by atoms with Crippen LogP contribution < -0.4 is 0 Å². The van der Waals surface area contributed by atoms with Crippen molar-refractivity contribution < 1.29 is 9.13 Å². The van der Waals surface area contributed by atoms with Crippen molar-refractivity contribution in [2.45, 2.75) is 12.6 Å². The number of ether oxygens (including phenoxy) is 1. The minimum absolute atomic E-state index is 0.0203. The van der Waals surface area contributed by atoms with Crippen LogP contribution in [-0.4, -0.2) is 39.8 Å². The first-order valence-corrected chi connectivity index (χ1v) is 8.31. The molecule has 0 aliphatic carbocycles. The summed E-state index contributed by atoms with van der Waals surface area (Å²) in [5.41, 5.74) is 3.82. The maximum Gasteiger partial charge on any atom is 0.123 e. The summed E-state index contributed by atoms with van der Waals surface area (Å²) in [5, 5.41) is 7.15. The summed E-state index contributed by atoms with van der Waals surface area (Å²) in [5.74, 6) is -0.249. The lowest BCUT2D eigenvalue weighted by molar-refractivity contribution is -0.0330. The number of hydrogen-bond acceptors (Lipinski definition) is 4. The van der Waals surface area contributed by atoms with E-state index in [1.54, 1.807) is 12.3 Å². The van der Waals surface area contributed by atoms with Crippen molar-refractivity contribution in [2.24, 2.45) is 0 Å². The number of morpholine rings is 1. The number of pyridine rings is 1. The maximum absolute atomic E-state index is 13.5. The number of H-pyrrole nitrogens is 1. The molecular formula is C19H19FN4O. The third-order valence-electron chi connectivity index (χ3n) is 4.43. The van der Waals surface area contributed by atoms with Gasteiger partial charge in [0.05, 0.1) is 24.6 Å². The Kier molecular flexibility index (Phi) is 4.54. The molecule has 0 unspecified atom stereocenters. The number of rotatable bonds is 4. The predicted molar refractivity (Wildman–Crippen MR) is 92.2 cm³/mol. The first kappa shape index (κ1) is 15.9. The van der Waals surface area contributed by atoms with Crippen LogP contribution in [0.25, 0.3) is 11.3 Å². The van der Waals surface area contributed by atoms with Gasteiger partial charge in [0.2, 0.25) is 0 Å². The standard InChI is InChI=1S/C19H19FN4O/c20-17-5-1-3-14(9-17)19-16(11-22-23-19)12-24-7-8-25-18(13-24)15-4-2-6-21-10-15/h1-6,9-11,18H,7-8,12-13H2,(H,22,23)/t18-/m1/s1. The van der Waals surface area contributed by atoms with Crippen molar-refractivity contribution in [3.8, 4) is 11.3 Å². The molecule has 4 rings (SSSR count). The van der Waals surface area contributed by atoms with E-state index in [0.717, 1.165) is 42.0 Å². The van der Waals surface area contributed by atoms with Gasteiger partial charge >= 0.3 is 0 Å². The zero-order valence-corrected chi connectivity index (χ0v) is 13.7. The second-order valence-electron chi connectivity index (χ2n) is 6.16. The molecule has 128 valence electrons. The molecule has 1 aliphatic heterocycles. The fourth-order valence-corrected chi connectivity index (χ4v) is 3.18. The molecule has 2 aromatic heterocycles. The highest BCUT2D eigenvalue weighted by molar-refractivity contribution is 5.62. The van der Waals surface area contributed by atoms with Crippen molar-refractivity contribution in [1.82, 2.24) is 20.1 Å². The monoisotopic (exact) mass is 338 g/mol. The minimum atomic E-state index is -0.249. The summed E-state index contributed by atoms with van der Waals surface area (Å²) in [6.45, 7) is 3.05. The van der Waals surface area contributed by atoms with E-state index in [4.69, 9.17) is 4.74 Å². The fraction of sp³-hybridized carbons (Fsp3) is 0.263. The lowest BCUT2D eigenvalue weighted by atomic mass is 10.1. The van der Waals surface area contributed by atoms with Gasteiger partial charge in [-0.15, -0.1) is 0 Å². The van der Waals surface area contributed by atoms with Gasteiger partial charge < -0.3 is 4.74 Å². The largest absolute Gasteiger partial charge is 0.371 e. The molecule has 1 aromatic carbocycles. The van der Waals surface area contributed by atoms with Gasteiger partial charge in [-0.05, 0) is 18.2 Å². The number of aromatic nitrogens is 3. The van der Waals surface area contributed by atoms with Crippen LogP contribution in [0.4, 0.5) is 4.39 Å². The summed E-state index contributed by atoms with van der Waals surface area (Å²) in [7, 11) is 0. The van der Waals surface area contributed by atoms with Crippen LogP contribution in [0, 0.1) is 5.82 Å². The number of halogens is 1. The topological polar surface area (TPSA) is 54.0 Å². The molecule has 1 aliphatic rings. The molecular weight excluding hydrogens is 319 g/mol. The number of benzene rings is 1. The van der Waals surface area contributed by atoms with Gasteiger partial charge in [0.15, 0.2) is 0 Å². The Hall–Kier alpha value is -2.57. The maximum atomic E-state index is 13.5. The lowest BCUT2D eigenvalue weighted by Gasteiger charge is -2.33. The Morgan fingerprint density at radius 3 is 3.04 bits per heavy atom. The van der Waals surface area contributed by atoms with Gasteiger partial charge in [-0.2, -0.15) is 5.10 Å². The van der Waals surface area contributed by atoms with Crippen molar-refractivity contribution in [1.29, 1.82) is 0 Å². The molecule has 1 atom stereocenters. The molecule has 0 radical (unpaired) electrons. The average Bonchev–Trinajstić information content (AvgIpc) is 3.11. The molecule has 1 saturated heterocycles. The van der Waals surface area contributed by atoms with Crippen molar-refractivity contribution in [3.63, 3.8) is 0 Å². The van der Waals surface area contributed by atoms with Crippen molar-refractivity contribution in [3.05, 3.63) is 71.9 Å². The van der Waals surface area contributed by atoms with Crippen LogP contribution in [0.5, 0.6) is 0 Å². The van der Waals surface area contributed by atoms with E-state index in [0.29, 0.717) is 6.61 Å². The fourth-order valence-electron chi connectivity index (χ4n) is 3.18. The SMILES string of the molecule is Fc1cccc(-c2[nH]ncc2CN2CCO[C@@H](c3cccnc3)C2)c1. The Labute approximate surface area is 145 Å². The molecule has 3 heterocycles. The van der Waals surface area contributed by atoms with E-state index in [1.807, 2.05) is 30.6 Å². The third-order valence-corrected chi connectivity index (χ3v) is 4.43. The Morgan fingerprint density at radius 2 is 2.20 bits per heavy atom. The van der Waals surface area contributed by atoms with Gasteiger partial charge in [-0.3, -0.25) is 15.0 Å². The van der Waals surface area contributed by atoms with Crippen LogP contribution >= 0.6 is 0 Å². The van der Waals surface area contributed by atoms with Gasteiger partial charge in [0, 0.05) is 48.7 Å². The lowest BCUT2D eigenvalue weighted by Crippen LogP contribution is -2.37. The highest BCUT2D eigenvalue weighted by Gasteiger charge is 2.23. The number of nitrogens with one attached hydrogen (secondary N) is 1. The smallest absolute Gasteiger partial charge is 0.123 e. The van der Waals surface area contributed by atoms with E-state index >= 15 is 0 Å². The average molecular weight is 338 g/mol. The van der Waals surface area contributed by atoms with Crippen LogP contribution in [0.2, 0.25) is 0 Å². The van der Waals surface area contributed by atoms with E-state index in [9.17, 15) is 4.39 Å². The quantitative estimate of drug-likeness (QED) is 0.794. The first-order valence-electron chi connectivity index (χ1n) is 8.31. The molecule has 0 spiro atoms. The summed E-state index contributed by atoms with van der Waals surface area (Å²) in [6, 6.07) is 10.5. The van der Waals surface area contributed by atoms with Crippen LogP contribution in [0.3, 0.4) is 0 Å². The van der Waals surface area contributed by atoms with Crippen LogP contribution in [0.1, 0.15) is 17.2 Å². The van der Waals surface area contributed by atoms with Gasteiger partial charge in [-0.1, -0.05) is 18.2 Å². The third kappa shape index (κ3) is 3.60. The minimum Gasteiger partial charge on any atom is -0.371 e. The van der Waals surface area contributed by atoms with E-state index in [1.165, 1.54) is 12.1 Å². The first-order chi connectivity index (χ1) is 12.3. The molecule has 5 nitrogen and oxygen atoms in total. The summed E-state index contributed by atoms with van der Waals surface area (Å²) in [6.07, 6.45) is 5.45. The molecule has 6 heteroatoms. The Bertz CT molecular complexity index is 836. The van der Waals surface area contributed by atoms with E-state index in [2.05, 4.69) is 20.1 Å². The second kappa shape index (κ2) is 7.13. The van der Waals surface area contributed by atoms with Gasteiger partial charge in [0.1, 0.15) is 5.82 Å². The molecule has 0 bridgehead atoms. The van der Waals surface area contributed by atoms with Crippen molar-refractivity contribution >= 4 is 0 Å². The molecule has 3 aromatic rings. The van der Waals surface area contributed by atoms with Crippen LogP contribution in [0.15, 0.2) is 55.0 Å². The molecule has 1 fully saturated rings. The summed E-state index contributed by atoms with van der Waals surface area (Å²) >= 11 is 0. The Balaban J connectivity index is 1.50. The van der Waals surface area contributed by atoms with Crippen LogP contribution in [-0.2, 0) is 11.3 Å². The molecule has 0 saturated carbocycles. The highest BCUT2D eigenvalue weighted by atomic mass is 19.1. The molecule has 0 amide bonds. The zero-order chi connectivity index (χ0) is 17.1. The molecule has 1 N–H and O–H groups in total. The zero-order valence-electron chi connectivity index (χ0n) is 13.7.